The number of aromatic nitrogens is 2. The Morgan fingerprint density at radius 3 is 2.65 bits per heavy atom. The van der Waals surface area contributed by atoms with Crippen molar-refractivity contribution in [3.8, 4) is 0 Å². The van der Waals surface area contributed by atoms with Crippen LogP contribution in [0, 0.1) is 5.82 Å². The van der Waals surface area contributed by atoms with Gasteiger partial charge >= 0.3 is 0 Å². The van der Waals surface area contributed by atoms with Gasteiger partial charge in [-0.15, -0.1) is 0 Å². The largest absolute Gasteiger partial charge is 0.316 e. The first kappa shape index (κ1) is 12.1. The van der Waals surface area contributed by atoms with Gasteiger partial charge in [0, 0.05) is 6.92 Å². The van der Waals surface area contributed by atoms with Crippen LogP contribution in [-0.2, 0) is 5.92 Å². The van der Waals surface area contributed by atoms with E-state index in [-0.39, 0.29) is 15.5 Å². The topological polar surface area (TPSA) is 45.8 Å². The van der Waals surface area contributed by atoms with Crippen LogP contribution in [0.3, 0.4) is 0 Å². The van der Waals surface area contributed by atoms with Crippen molar-refractivity contribution in [3.05, 3.63) is 38.5 Å². The molecule has 0 atom stereocenters. The second-order valence-corrected chi connectivity index (χ2v) is 4.41. The van der Waals surface area contributed by atoms with Crippen LogP contribution in [0.5, 0.6) is 0 Å². The SMILES string of the molecule is CC(F)(F)c1nc2ccc(Br)c(F)c2[nH]c1=O. The highest BCUT2D eigenvalue weighted by Gasteiger charge is 2.30. The van der Waals surface area contributed by atoms with Crippen molar-refractivity contribution in [1.82, 2.24) is 9.97 Å². The summed E-state index contributed by atoms with van der Waals surface area (Å²) >= 11 is 2.93. The molecule has 0 saturated heterocycles. The number of hydrogen-bond donors (Lipinski definition) is 1. The number of alkyl halides is 2. The minimum absolute atomic E-state index is 0.0261. The summed E-state index contributed by atoms with van der Waals surface area (Å²) in [6.07, 6.45) is 0. The molecule has 2 rings (SSSR count). The molecule has 0 unspecified atom stereocenters. The van der Waals surface area contributed by atoms with Crippen LogP contribution in [0.25, 0.3) is 11.0 Å². The molecule has 17 heavy (non-hydrogen) atoms. The highest BCUT2D eigenvalue weighted by atomic mass is 79.9. The van der Waals surface area contributed by atoms with Crippen molar-refractivity contribution in [2.45, 2.75) is 12.8 Å². The van der Waals surface area contributed by atoms with E-state index in [9.17, 15) is 18.0 Å². The van der Waals surface area contributed by atoms with Gasteiger partial charge in [-0.05, 0) is 28.1 Å². The number of aromatic amines is 1. The lowest BCUT2D eigenvalue weighted by Gasteiger charge is -2.09. The standard InChI is InChI=1S/C10H6BrF3N2O/c1-10(13,14)8-9(17)16-7-5(15-8)3-2-4(11)6(7)12/h2-3H,1H3,(H,16,17). The highest BCUT2D eigenvalue weighted by molar-refractivity contribution is 9.10. The molecule has 7 heteroatoms. The summed E-state index contributed by atoms with van der Waals surface area (Å²) in [4.78, 5) is 16.9. The Balaban J connectivity index is 2.85. The zero-order valence-corrected chi connectivity index (χ0v) is 10.1. The van der Waals surface area contributed by atoms with Crippen LogP contribution in [-0.4, -0.2) is 9.97 Å². The molecule has 0 radical (unpaired) electrons. The predicted molar refractivity (Wildman–Crippen MR) is 59.6 cm³/mol. The lowest BCUT2D eigenvalue weighted by molar-refractivity contribution is 0.0115. The average Bonchev–Trinajstić information content (AvgIpc) is 2.22. The van der Waals surface area contributed by atoms with E-state index in [1.165, 1.54) is 12.1 Å². The molecule has 0 aliphatic rings. The molecule has 90 valence electrons. The number of nitrogens with one attached hydrogen (secondary N) is 1. The second-order valence-electron chi connectivity index (χ2n) is 3.56. The van der Waals surface area contributed by atoms with E-state index < -0.39 is 23.0 Å². The zero-order chi connectivity index (χ0) is 12.8. The molecule has 0 saturated carbocycles. The fraction of sp³-hybridized carbons (Fsp3) is 0.200. The third kappa shape index (κ3) is 2.06. The fourth-order valence-electron chi connectivity index (χ4n) is 1.39. The molecule has 0 amide bonds. The molecule has 0 aliphatic carbocycles. The molecule has 0 aliphatic heterocycles. The average molecular weight is 307 g/mol. The maximum Gasteiger partial charge on any atom is 0.292 e. The van der Waals surface area contributed by atoms with Crippen LogP contribution >= 0.6 is 15.9 Å². The molecule has 0 fully saturated rings. The van der Waals surface area contributed by atoms with E-state index >= 15 is 0 Å². The van der Waals surface area contributed by atoms with Crippen LogP contribution in [0.2, 0.25) is 0 Å². The smallest absolute Gasteiger partial charge is 0.292 e. The molecule has 1 aromatic carbocycles. The Kier molecular flexibility index (Phi) is 2.73. The van der Waals surface area contributed by atoms with Gasteiger partial charge in [0.2, 0.25) is 0 Å². The fourth-order valence-corrected chi connectivity index (χ4v) is 1.72. The van der Waals surface area contributed by atoms with Crippen molar-refractivity contribution in [3.63, 3.8) is 0 Å². The zero-order valence-electron chi connectivity index (χ0n) is 8.52. The number of rotatable bonds is 1. The van der Waals surface area contributed by atoms with E-state index in [2.05, 4.69) is 25.9 Å². The molecule has 3 nitrogen and oxygen atoms in total. The van der Waals surface area contributed by atoms with Gasteiger partial charge in [-0.2, -0.15) is 8.78 Å². The van der Waals surface area contributed by atoms with E-state index in [4.69, 9.17) is 0 Å². The highest BCUT2D eigenvalue weighted by Crippen LogP contribution is 2.25. The van der Waals surface area contributed by atoms with Crippen LogP contribution in [0.1, 0.15) is 12.6 Å². The Bertz CT molecular complexity index is 648. The summed E-state index contributed by atoms with van der Waals surface area (Å²) in [7, 11) is 0. The molecule has 0 bridgehead atoms. The summed E-state index contributed by atoms with van der Waals surface area (Å²) < 4.78 is 39.8. The number of hydrogen-bond acceptors (Lipinski definition) is 2. The second kappa shape index (κ2) is 3.83. The quantitative estimate of drug-likeness (QED) is 0.880. The Labute approximate surface area is 102 Å². The summed E-state index contributed by atoms with van der Waals surface area (Å²) in [5, 5.41) is 0. The molecule has 2 aromatic rings. The number of halogens is 4. The van der Waals surface area contributed by atoms with Gasteiger partial charge in [-0.25, -0.2) is 9.37 Å². The first-order chi connectivity index (χ1) is 7.80. The molecule has 1 aromatic heterocycles. The van der Waals surface area contributed by atoms with Crippen molar-refractivity contribution < 1.29 is 13.2 Å². The third-order valence-electron chi connectivity index (χ3n) is 2.17. The lowest BCUT2D eigenvalue weighted by atomic mass is 10.2. The monoisotopic (exact) mass is 306 g/mol. The van der Waals surface area contributed by atoms with E-state index in [0.717, 1.165) is 0 Å². The first-order valence-electron chi connectivity index (χ1n) is 4.57. The van der Waals surface area contributed by atoms with Gasteiger partial charge in [0.05, 0.1) is 9.99 Å². The van der Waals surface area contributed by atoms with Gasteiger partial charge in [0.25, 0.3) is 11.5 Å². The van der Waals surface area contributed by atoms with Crippen molar-refractivity contribution in [2.24, 2.45) is 0 Å². The van der Waals surface area contributed by atoms with Crippen molar-refractivity contribution in [2.75, 3.05) is 0 Å². The number of H-pyrrole nitrogens is 1. The van der Waals surface area contributed by atoms with Gasteiger partial charge < -0.3 is 4.98 Å². The van der Waals surface area contributed by atoms with Gasteiger partial charge in [0.1, 0.15) is 5.52 Å². The van der Waals surface area contributed by atoms with Gasteiger partial charge in [-0.1, -0.05) is 0 Å². The maximum atomic E-state index is 13.6. The summed E-state index contributed by atoms with van der Waals surface area (Å²) in [6.45, 7) is 0.561. The molecule has 1 heterocycles. The minimum Gasteiger partial charge on any atom is -0.316 e. The molecular formula is C10H6BrF3N2O. The number of nitrogens with zero attached hydrogens (tertiary/aromatic N) is 1. The third-order valence-corrected chi connectivity index (χ3v) is 2.79. The van der Waals surface area contributed by atoms with Crippen LogP contribution in [0.4, 0.5) is 13.2 Å². The van der Waals surface area contributed by atoms with Crippen molar-refractivity contribution >= 4 is 27.0 Å². The summed E-state index contributed by atoms with van der Waals surface area (Å²) in [5.41, 5.74) is -2.24. The number of benzene rings is 1. The summed E-state index contributed by atoms with van der Waals surface area (Å²) in [5.74, 6) is -4.11. The molecule has 1 N–H and O–H groups in total. The summed E-state index contributed by atoms with van der Waals surface area (Å²) in [6, 6.07) is 2.67. The van der Waals surface area contributed by atoms with E-state index in [1.54, 1.807) is 0 Å². The van der Waals surface area contributed by atoms with Crippen molar-refractivity contribution in [1.29, 1.82) is 0 Å². The molecule has 0 spiro atoms. The Morgan fingerprint density at radius 1 is 1.41 bits per heavy atom. The van der Waals surface area contributed by atoms with Crippen LogP contribution < -0.4 is 5.56 Å². The normalized spacial score (nSPS) is 12.1. The lowest BCUT2D eigenvalue weighted by Crippen LogP contribution is -2.24. The Hall–Kier alpha value is -1.37. The van der Waals surface area contributed by atoms with Gasteiger partial charge in [-0.3, -0.25) is 4.79 Å². The van der Waals surface area contributed by atoms with E-state index in [1.807, 2.05) is 0 Å². The maximum absolute atomic E-state index is 13.6. The first-order valence-corrected chi connectivity index (χ1v) is 5.36. The van der Waals surface area contributed by atoms with Gasteiger partial charge in [0.15, 0.2) is 11.5 Å². The van der Waals surface area contributed by atoms with E-state index in [0.29, 0.717) is 6.92 Å². The number of fused-ring (bicyclic) bond motifs is 1. The van der Waals surface area contributed by atoms with Crippen LogP contribution in [0.15, 0.2) is 21.4 Å². The minimum atomic E-state index is -3.37. The predicted octanol–water partition coefficient (Wildman–Crippen LogP) is 2.94. The Morgan fingerprint density at radius 2 is 2.06 bits per heavy atom. The molecular weight excluding hydrogens is 301 g/mol.